The van der Waals surface area contributed by atoms with Crippen LogP contribution in [-0.2, 0) is 14.8 Å². The molecule has 1 aliphatic heterocycles. The van der Waals surface area contributed by atoms with Crippen LogP contribution in [0.3, 0.4) is 0 Å². The minimum absolute atomic E-state index is 0.147. The SMILES string of the molecule is Cc1ccc(/C=C/S(=O)(=O)N2CCN(C(=O)C3CCCCC3)CC2)cc1. The second-order valence-corrected chi connectivity index (χ2v) is 9.14. The third-order valence-electron chi connectivity index (χ3n) is 5.37. The lowest BCUT2D eigenvalue weighted by Gasteiger charge is -2.36. The summed E-state index contributed by atoms with van der Waals surface area (Å²) in [5, 5.41) is 1.27. The number of nitrogens with zero attached hydrogens (tertiary/aromatic N) is 2. The highest BCUT2D eigenvalue weighted by molar-refractivity contribution is 7.92. The van der Waals surface area contributed by atoms with E-state index in [9.17, 15) is 13.2 Å². The van der Waals surface area contributed by atoms with Crippen LogP contribution in [0.4, 0.5) is 0 Å². The van der Waals surface area contributed by atoms with Crippen LogP contribution in [0, 0.1) is 12.8 Å². The normalized spacial score (nSPS) is 20.6. The lowest BCUT2D eigenvalue weighted by atomic mass is 9.88. The summed E-state index contributed by atoms with van der Waals surface area (Å²) in [5.41, 5.74) is 2.01. The zero-order chi connectivity index (χ0) is 18.6. The molecule has 1 aromatic carbocycles. The Kier molecular flexibility index (Phi) is 6.14. The minimum Gasteiger partial charge on any atom is -0.340 e. The monoisotopic (exact) mass is 376 g/mol. The van der Waals surface area contributed by atoms with Gasteiger partial charge < -0.3 is 4.90 Å². The predicted molar refractivity (Wildman–Crippen MR) is 104 cm³/mol. The van der Waals surface area contributed by atoms with Gasteiger partial charge in [0.1, 0.15) is 0 Å². The van der Waals surface area contributed by atoms with E-state index < -0.39 is 10.0 Å². The van der Waals surface area contributed by atoms with E-state index in [2.05, 4.69) is 0 Å². The first-order valence-electron chi connectivity index (χ1n) is 9.49. The maximum Gasteiger partial charge on any atom is 0.236 e. The molecule has 2 fully saturated rings. The molecule has 2 aliphatic rings. The number of sulfonamides is 1. The number of hydrogen-bond acceptors (Lipinski definition) is 3. The number of carbonyl (C=O) groups is 1. The molecule has 1 saturated heterocycles. The molecular weight excluding hydrogens is 348 g/mol. The fraction of sp³-hybridized carbons (Fsp3) is 0.550. The Bertz CT molecular complexity index is 742. The van der Waals surface area contributed by atoms with E-state index >= 15 is 0 Å². The maximum atomic E-state index is 12.6. The summed E-state index contributed by atoms with van der Waals surface area (Å²) in [6.07, 6.45) is 7.09. The Morgan fingerprint density at radius 1 is 1.00 bits per heavy atom. The Labute approximate surface area is 156 Å². The number of hydrogen-bond donors (Lipinski definition) is 0. The van der Waals surface area contributed by atoms with Crippen molar-refractivity contribution in [1.82, 2.24) is 9.21 Å². The third kappa shape index (κ3) is 4.74. The van der Waals surface area contributed by atoms with Gasteiger partial charge in [-0.15, -0.1) is 0 Å². The smallest absolute Gasteiger partial charge is 0.236 e. The van der Waals surface area contributed by atoms with E-state index in [-0.39, 0.29) is 11.8 Å². The van der Waals surface area contributed by atoms with Gasteiger partial charge in [0.05, 0.1) is 0 Å². The van der Waals surface area contributed by atoms with Gasteiger partial charge in [-0.3, -0.25) is 4.79 Å². The highest BCUT2D eigenvalue weighted by atomic mass is 32.2. The van der Waals surface area contributed by atoms with Crippen LogP contribution in [-0.4, -0.2) is 49.7 Å². The Hall–Kier alpha value is -1.66. The first-order chi connectivity index (χ1) is 12.5. The first kappa shape index (κ1) is 19.1. The summed E-state index contributed by atoms with van der Waals surface area (Å²) in [6.45, 7) is 3.73. The van der Waals surface area contributed by atoms with Gasteiger partial charge in [0, 0.05) is 37.5 Å². The molecule has 6 heteroatoms. The molecule has 1 saturated carbocycles. The van der Waals surface area contributed by atoms with Gasteiger partial charge in [-0.05, 0) is 31.4 Å². The van der Waals surface area contributed by atoms with E-state index in [1.165, 1.54) is 16.1 Å². The van der Waals surface area contributed by atoms with Crippen molar-refractivity contribution in [2.75, 3.05) is 26.2 Å². The van der Waals surface area contributed by atoms with Crippen LogP contribution in [0.25, 0.3) is 6.08 Å². The summed E-state index contributed by atoms with van der Waals surface area (Å²) in [5.74, 6) is 0.366. The first-order valence-corrected chi connectivity index (χ1v) is 11.0. The maximum absolute atomic E-state index is 12.6. The predicted octanol–water partition coefficient (Wildman–Crippen LogP) is 3.02. The number of amides is 1. The average molecular weight is 377 g/mol. The lowest BCUT2D eigenvalue weighted by Crippen LogP contribution is -2.51. The Morgan fingerprint density at radius 3 is 2.23 bits per heavy atom. The Morgan fingerprint density at radius 2 is 1.62 bits per heavy atom. The Balaban J connectivity index is 1.56. The van der Waals surface area contributed by atoms with Gasteiger partial charge in [-0.1, -0.05) is 49.1 Å². The van der Waals surface area contributed by atoms with Crippen LogP contribution in [0.15, 0.2) is 29.7 Å². The summed E-state index contributed by atoms with van der Waals surface area (Å²) >= 11 is 0. The molecule has 1 aromatic rings. The number of aryl methyl sites for hydroxylation is 1. The molecule has 0 atom stereocenters. The average Bonchev–Trinajstić information content (AvgIpc) is 2.68. The molecule has 142 valence electrons. The zero-order valence-corrected chi connectivity index (χ0v) is 16.2. The molecule has 0 N–H and O–H groups in total. The van der Waals surface area contributed by atoms with Crippen LogP contribution < -0.4 is 0 Å². The van der Waals surface area contributed by atoms with Crippen LogP contribution in [0.1, 0.15) is 43.2 Å². The van der Waals surface area contributed by atoms with E-state index in [0.29, 0.717) is 26.2 Å². The van der Waals surface area contributed by atoms with Crippen molar-refractivity contribution in [3.63, 3.8) is 0 Å². The second-order valence-electron chi connectivity index (χ2n) is 7.32. The van der Waals surface area contributed by atoms with Crippen molar-refractivity contribution in [3.8, 4) is 0 Å². The molecule has 26 heavy (non-hydrogen) atoms. The molecule has 5 nitrogen and oxygen atoms in total. The fourth-order valence-electron chi connectivity index (χ4n) is 3.70. The fourth-order valence-corrected chi connectivity index (χ4v) is 4.87. The van der Waals surface area contributed by atoms with E-state index in [4.69, 9.17) is 0 Å². The van der Waals surface area contributed by atoms with Gasteiger partial charge in [-0.25, -0.2) is 8.42 Å². The summed E-state index contributed by atoms with van der Waals surface area (Å²) < 4.78 is 26.6. The molecule has 0 bridgehead atoms. The minimum atomic E-state index is -3.45. The van der Waals surface area contributed by atoms with Gasteiger partial charge in [0.25, 0.3) is 0 Å². The molecule has 1 heterocycles. The largest absolute Gasteiger partial charge is 0.340 e. The lowest BCUT2D eigenvalue weighted by molar-refractivity contribution is -0.137. The summed E-state index contributed by atoms with van der Waals surface area (Å²) in [4.78, 5) is 14.4. The van der Waals surface area contributed by atoms with Crippen LogP contribution >= 0.6 is 0 Å². The number of piperazine rings is 1. The molecule has 0 unspecified atom stereocenters. The van der Waals surface area contributed by atoms with E-state index in [1.807, 2.05) is 36.1 Å². The summed E-state index contributed by atoms with van der Waals surface area (Å²) in [6, 6.07) is 7.73. The van der Waals surface area contributed by atoms with Gasteiger partial charge in [0.15, 0.2) is 0 Å². The molecule has 3 rings (SSSR count). The van der Waals surface area contributed by atoms with Crippen molar-refractivity contribution in [1.29, 1.82) is 0 Å². The van der Waals surface area contributed by atoms with Crippen LogP contribution in [0.5, 0.6) is 0 Å². The van der Waals surface area contributed by atoms with Crippen molar-refractivity contribution in [3.05, 3.63) is 40.8 Å². The molecule has 1 amide bonds. The second kappa shape index (κ2) is 8.35. The number of carbonyl (C=O) groups excluding carboxylic acids is 1. The third-order valence-corrected chi connectivity index (χ3v) is 6.94. The van der Waals surface area contributed by atoms with Gasteiger partial charge in [-0.2, -0.15) is 4.31 Å². The summed E-state index contributed by atoms with van der Waals surface area (Å²) in [7, 11) is -3.45. The van der Waals surface area contributed by atoms with Gasteiger partial charge in [0.2, 0.25) is 15.9 Å². The molecular formula is C20H28N2O3S. The van der Waals surface area contributed by atoms with Crippen molar-refractivity contribution in [2.24, 2.45) is 5.92 Å². The molecule has 0 radical (unpaired) electrons. The van der Waals surface area contributed by atoms with Crippen molar-refractivity contribution < 1.29 is 13.2 Å². The van der Waals surface area contributed by atoms with Crippen molar-refractivity contribution >= 4 is 22.0 Å². The van der Waals surface area contributed by atoms with E-state index in [1.54, 1.807) is 6.08 Å². The van der Waals surface area contributed by atoms with Crippen LogP contribution in [0.2, 0.25) is 0 Å². The van der Waals surface area contributed by atoms with E-state index in [0.717, 1.165) is 36.8 Å². The number of rotatable bonds is 4. The topological polar surface area (TPSA) is 57.7 Å². The molecule has 0 aromatic heterocycles. The highest BCUT2D eigenvalue weighted by Gasteiger charge is 2.31. The standard InChI is InChI=1S/C20H28N2O3S/c1-17-7-9-18(10-8-17)11-16-26(24,25)22-14-12-21(13-15-22)20(23)19-5-3-2-4-6-19/h7-11,16,19H,2-6,12-15H2,1H3/b16-11+. The zero-order valence-electron chi connectivity index (χ0n) is 15.4. The van der Waals surface area contributed by atoms with Gasteiger partial charge >= 0.3 is 0 Å². The molecule has 0 spiro atoms. The molecule has 1 aliphatic carbocycles. The number of benzene rings is 1. The van der Waals surface area contributed by atoms with Crippen molar-refractivity contribution in [2.45, 2.75) is 39.0 Å². The highest BCUT2D eigenvalue weighted by Crippen LogP contribution is 2.26. The quantitative estimate of drug-likeness (QED) is 0.812.